The van der Waals surface area contributed by atoms with E-state index in [1.54, 1.807) is 18.3 Å². The monoisotopic (exact) mass is 449 g/mol. The summed E-state index contributed by atoms with van der Waals surface area (Å²) in [5.41, 5.74) is 2.35. The zero-order valence-electron chi connectivity index (χ0n) is 20.6. The predicted octanol–water partition coefficient (Wildman–Crippen LogP) is 6.01. The number of halogens is 2. The number of amides is 1. The number of alkyl halides is 2. The van der Waals surface area contributed by atoms with Crippen molar-refractivity contribution in [3.63, 3.8) is 0 Å². The molecule has 1 atom stereocenters. The average Bonchev–Trinajstić information content (AvgIpc) is 2.73. The first-order chi connectivity index (χ1) is 15.2. The number of benzene rings is 1. The van der Waals surface area contributed by atoms with Gasteiger partial charge >= 0.3 is 0 Å². The molecule has 0 radical (unpaired) electrons. The van der Waals surface area contributed by atoms with Crippen LogP contribution in [0, 0.1) is 0 Å². The molecule has 0 saturated heterocycles. The topological polar surface area (TPSA) is 35.6 Å². The van der Waals surface area contributed by atoms with Crippen LogP contribution in [-0.2, 0) is 11.2 Å². The van der Waals surface area contributed by atoms with Gasteiger partial charge in [-0.1, -0.05) is 63.8 Å². The summed E-state index contributed by atoms with van der Waals surface area (Å²) in [6.07, 6.45) is 9.95. The first-order valence-electron chi connectivity index (χ1n) is 11.6. The maximum atomic E-state index is 13.5. The Morgan fingerprint density at radius 1 is 1.16 bits per heavy atom. The van der Waals surface area contributed by atoms with Crippen LogP contribution in [-0.4, -0.2) is 49.6 Å². The van der Waals surface area contributed by atoms with Crippen molar-refractivity contribution in [3.8, 4) is 0 Å². The average molecular weight is 450 g/mol. The molecule has 2 rings (SSSR count). The highest BCUT2D eigenvalue weighted by atomic mass is 19.3. The van der Waals surface area contributed by atoms with E-state index in [1.807, 2.05) is 38.2 Å². The summed E-state index contributed by atoms with van der Waals surface area (Å²) >= 11 is 0. The number of nitrogens with zero attached hydrogens (tertiary/aromatic N) is 2. The lowest BCUT2D eigenvalue weighted by atomic mass is 9.94. The molecule has 1 heterocycles. The third-order valence-corrected chi connectivity index (χ3v) is 5.28. The summed E-state index contributed by atoms with van der Waals surface area (Å²) in [6.45, 7) is 6.87. The predicted molar refractivity (Wildman–Crippen MR) is 131 cm³/mol. The van der Waals surface area contributed by atoms with Crippen LogP contribution in [0.3, 0.4) is 0 Å². The Bertz CT molecular complexity index is 755. The minimum atomic E-state index is -2.53. The molecule has 0 aromatic heterocycles. The van der Waals surface area contributed by atoms with E-state index in [4.69, 9.17) is 0 Å². The van der Waals surface area contributed by atoms with Crippen molar-refractivity contribution in [2.75, 3.05) is 27.7 Å². The minimum absolute atomic E-state index is 0.0311. The van der Waals surface area contributed by atoms with Crippen molar-refractivity contribution in [2.45, 2.75) is 71.9 Å². The smallest absolute Gasteiger partial charge is 0.264 e. The molecule has 32 heavy (non-hydrogen) atoms. The van der Waals surface area contributed by atoms with Gasteiger partial charge in [-0.15, -0.1) is 0 Å². The standard InChI is InChI=1S/C20H27F2N3O.C6H14/c1-14(26)23-19-10-8-16(13-25(19)4)18-12-15(6-5-11-24(2)3)7-9-17(18)20(21)22;1-3-5-6-4-2/h7-10,12-13,19-20H,5-6,11H2,1-4H3,(H,23,26);3-6H2,1-2H3. The number of likely N-dealkylation sites (N-methyl/N-ethyl adjacent to an activating group) is 1. The van der Waals surface area contributed by atoms with E-state index < -0.39 is 6.43 Å². The third kappa shape index (κ3) is 9.94. The van der Waals surface area contributed by atoms with Crippen LogP contribution < -0.4 is 5.32 Å². The molecule has 1 unspecified atom stereocenters. The van der Waals surface area contributed by atoms with E-state index in [9.17, 15) is 13.6 Å². The number of nitrogens with one attached hydrogen (secondary N) is 1. The molecule has 1 aliphatic rings. The number of aryl methyl sites for hydroxylation is 1. The molecular weight excluding hydrogens is 408 g/mol. The highest BCUT2D eigenvalue weighted by Crippen LogP contribution is 2.32. The maximum absolute atomic E-state index is 13.5. The zero-order chi connectivity index (χ0) is 24.1. The van der Waals surface area contributed by atoms with Crippen LogP contribution >= 0.6 is 0 Å². The zero-order valence-corrected chi connectivity index (χ0v) is 20.6. The molecule has 0 bridgehead atoms. The van der Waals surface area contributed by atoms with Gasteiger partial charge < -0.3 is 15.1 Å². The van der Waals surface area contributed by atoms with Crippen molar-refractivity contribution in [1.29, 1.82) is 0 Å². The third-order valence-electron chi connectivity index (χ3n) is 5.28. The van der Waals surface area contributed by atoms with E-state index in [0.717, 1.165) is 30.5 Å². The number of unbranched alkanes of at least 4 members (excludes halogenated alkanes) is 3. The van der Waals surface area contributed by atoms with Crippen molar-refractivity contribution < 1.29 is 13.6 Å². The summed E-state index contributed by atoms with van der Waals surface area (Å²) in [6, 6.07) is 5.18. The van der Waals surface area contributed by atoms with Gasteiger partial charge in [0.2, 0.25) is 5.91 Å². The fraction of sp³-hybridized carbons (Fsp3) is 0.577. The minimum Gasteiger partial charge on any atom is -0.357 e. The Kier molecular flexibility index (Phi) is 12.8. The first-order valence-corrected chi connectivity index (χ1v) is 11.6. The molecular formula is C26H41F2N3O. The Morgan fingerprint density at radius 3 is 2.31 bits per heavy atom. The lowest BCUT2D eigenvalue weighted by molar-refractivity contribution is -0.120. The molecule has 1 aromatic carbocycles. The molecule has 6 heteroatoms. The Morgan fingerprint density at radius 2 is 1.81 bits per heavy atom. The van der Waals surface area contributed by atoms with Gasteiger partial charge in [0, 0.05) is 25.7 Å². The van der Waals surface area contributed by atoms with E-state index in [1.165, 1.54) is 38.7 Å². The number of hydrogen-bond donors (Lipinski definition) is 1. The van der Waals surface area contributed by atoms with Crippen molar-refractivity contribution >= 4 is 11.5 Å². The summed E-state index contributed by atoms with van der Waals surface area (Å²) in [7, 11) is 5.85. The van der Waals surface area contributed by atoms with Crippen LogP contribution in [0.15, 0.2) is 36.6 Å². The lowest BCUT2D eigenvalue weighted by Crippen LogP contribution is -2.42. The Balaban J connectivity index is 0.000000751. The molecule has 0 fully saturated rings. The van der Waals surface area contributed by atoms with Crippen molar-refractivity contribution in [2.24, 2.45) is 0 Å². The molecule has 1 amide bonds. The van der Waals surface area contributed by atoms with Crippen LogP contribution in [0.5, 0.6) is 0 Å². The number of hydrogen-bond acceptors (Lipinski definition) is 3. The van der Waals surface area contributed by atoms with Gasteiger partial charge in [-0.3, -0.25) is 4.79 Å². The van der Waals surface area contributed by atoms with E-state index >= 15 is 0 Å². The van der Waals surface area contributed by atoms with Gasteiger partial charge in [-0.2, -0.15) is 0 Å². The fourth-order valence-corrected chi connectivity index (χ4v) is 3.49. The molecule has 0 aliphatic carbocycles. The summed E-state index contributed by atoms with van der Waals surface area (Å²) in [4.78, 5) is 15.2. The van der Waals surface area contributed by atoms with Crippen LogP contribution in [0.4, 0.5) is 8.78 Å². The van der Waals surface area contributed by atoms with E-state index in [2.05, 4.69) is 24.1 Å². The van der Waals surface area contributed by atoms with Crippen LogP contribution in [0.2, 0.25) is 0 Å². The molecule has 4 nitrogen and oxygen atoms in total. The summed E-state index contributed by atoms with van der Waals surface area (Å²) < 4.78 is 27.0. The number of rotatable bonds is 10. The second-order valence-electron chi connectivity index (χ2n) is 8.59. The maximum Gasteiger partial charge on any atom is 0.264 e. The quantitative estimate of drug-likeness (QED) is 0.444. The summed E-state index contributed by atoms with van der Waals surface area (Å²) in [5, 5.41) is 2.79. The van der Waals surface area contributed by atoms with Crippen LogP contribution in [0.25, 0.3) is 5.57 Å². The van der Waals surface area contributed by atoms with Gasteiger partial charge in [0.05, 0.1) is 0 Å². The van der Waals surface area contributed by atoms with Crippen LogP contribution in [0.1, 0.15) is 76.0 Å². The molecule has 1 aromatic rings. The second-order valence-corrected chi connectivity index (χ2v) is 8.59. The van der Waals surface area contributed by atoms with E-state index in [-0.39, 0.29) is 17.6 Å². The van der Waals surface area contributed by atoms with Crippen molar-refractivity contribution in [1.82, 2.24) is 15.1 Å². The molecule has 1 N–H and O–H groups in total. The first kappa shape index (κ1) is 27.8. The fourth-order valence-electron chi connectivity index (χ4n) is 3.49. The van der Waals surface area contributed by atoms with Crippen molar-refractivity contribution in [3.05, 3.63) is 53.2 Å². The number of carbonyl (C=O) groups is 1. The Hall–Kier alpha value is -2.21. The summed E-state index contributed by atoms with van der Waals surface area (Å²) in [5.74, 6) is -0.139. The second kappa shape index (κ2) is 14.8. The molecule has 180 valence electrons. The number of carbonyl (C=O) groups excluding carboxylic acids is 1. The highest BCUT2D eigenvalue weighted by Gasteiger charge is 2.20. The van der Waals surface area contributed by atoms with Gasteiger partial charge in [-0.25, -0.2) is 8.78 Å². The lowest BCUT2D eigenvalue weighted by Gasteiger charge is -2.29. The number of allylic oxidation sites excluding steroid dienone is 2. The Labute approximate surface area is 193 Å². The molecule has 1 aliphatic heterocycles. The largest absolute Gasteiger partial charge is 0.357 e. The molecule has 0 saturated carbocycles. The normalized spacial score (nSPS) is 15.5. The van der Waals surface area contributed by atoms with E-state index in [0.29, 0.717) is 5.56 Å². The highest BCUT2D eigenvalue weighted by molar-refractivity contribution is 5.78. The van der Waals surface area contributed by atoms with Gasteiger partial charge in [0.25, 0.3) is 6.43 Å². The van der Waals surface area contributed by atoms with Gasteiger partial charge in [0.1, 0.15) is 6.17 Å². The molecule has 0 spiro atoms. The van der Waals surface area contributed by atoms with Gasteiger partial charge in [-0.05, 0) is 56.3 Å². The SMILES string of the molecule is CC(=O)NC1C=CC(c2cc(CCCN(C)C)ccc2C(F)F)=CN1C.CCCCCC. The van der Waals surface area contributed by atoms with Gasteiger partial charge in [0.15, 0.2) is 0 Å².